The molecule has 3 aliphatic rings. The van der Waals surface area contributed by atoms with Crippen LogP contribution < -0.4 is 21.4 Å². The summed E-state index contributed by atoms with van der Waals surface area (Å²) in [4.78, 5) is 19.4. The molecule has 2 aromatic rings. The molecule has 0 bridgehead atoms. The number of rotatable bonds is 0. The second-order valence-corrected chi connectivity index (χ2v) is 5.56. The number of hydrogen-bond donors (Lipinski definition) is 0. The minimum atomic E-state index is -0.504. The van der Waals surface area contributed by atoms with Gasteiger partial charge in [-0.1, -0.05) is 24.3 Å². The van der Waals surface area contributed by atoms with E-state index in [2.05, 4.69) is 0 Å². The Morgan fingerprint density at radius 2 is 0.850 bits per heavy atom. The molecular weight excluding hydrogens is 248 g/mol. The van der Waals surface area contributed by atoms with Crippen LogP contribution in [0.1, 0.15) is 12.8 Å². The zero-order chi connectivity index (χ0) is 13.2. The van der Waals surface area contributed by atoms with E-state index in [1.54, 1.807) is 0 Å². The van der Waals surface area contributed by atoms with E-state index in [9.17, 15) is 0 Å². The van der Waals surface area contributed by atoms with Gasteiger partial charge in [0.1, 0.15) is 0 Å². The average molecular weight is 260 g/mol. The molecule has 4 nitrogen and oxygen atoms in total. The highest BCUT2D eigenvalue weighted by atomic mass is 15.3. The molecular formula is C16H12N4. The smallest absolute Gasteiger partial charge is 0.196 e. The normalized spacial score (nSPS) is 22.0. The summed E-state index contributed by atoms with van der Waals surface area (Å²) in [5, 5.41) is 3.86. The van der Waals surface area contributed by atoms with Crippen molar-refractivity contribution in [1.29, 1.82) is 0 Å². The molecule has 4 heteroatoms. The first-order chi connectivity index (χ1) is 9.80. The third-order valence-corrected chi connectivity index (χ3v) is 4.45. The fraction of sp³-hybridized carbons (Fsp3) is 0.250. The van der Waals surface area contributed by atoms with Gasteiger partial charge in [0.05, 0.1) is 21.4 Å². The Morgan fingerprint density at radius 1 is 0.550 bits per heavy atom. The Bertz CT molecular complexity index is 823. The van der Waals surface area contributed by atoms with Crippen LogP contribution in [-0.2, 0) is 0 Å². The minimum absolute atomic E-state index is 0.504. The fourth-order valence-electron chi connectivity index (χ4n) is 3.31. The van der Waals surface area contributed by atoms with Gasteiger partial charge in [0.15, 0.2) is 11.3 Å². The molecule has 0 unspecified atom stereocenters. The second kappa shape index (κ2) is 3.20. The molecule has 2 heterocycles. The Hall–Kier alpha value is -2.36. The monoisotopic (exact) mass is 260 g/mol. The topological polar surface area (TPSA) is 49.4 Å². The van der Waals surface area contributed by atoms with Gasteiger partial charge < -0.3 is 0 Å². The Labute approximate surface area is 115 Å². The van der Waals surface area contributed by atoms with Crippen LogP contribution in [0.4, 0.5) is 0 Å². The predicted octanol–water partition coefficient (Wildman–Crippen LogP) is 0.0788. The predicted molar refractivity (Wildman–Crippen MR) is 72.2 cm³/mol. The molecule has 1 saturated carbocycles. The van der Waals surface area contributed by atoms with Gasteiger partial charge in [-0.15, -0.1) is 0 Å². The van der Waals surface area contributed by atoms with Gasteiger partial charge in [0, 0.05) is 12.8 Å². The summed E-state index contributed by atoms with van der Waals surface area (Å²) in [5.74, 6) is 0. The summed E-state index contributed by atoms with van der Waals surface area (Å²) in [6, 6.07) is 16.1. The van der Waals surface area contributed by atoms with E-state index in [0.29, 0.717) is 0 Å². The molecule has 0 saturated heterocycles. The van der Waals surface area contributed by atoms with Crippen LogP contribution in [0.5, 0.6) is 0 Å². The van der Waals surface area contributed by atoms with Crippen molar-refractivity contribution < 1.29 is 0 Å². The third kappa shape index (κ3) is 1.08. The summed E-state index contributed by atoms with van der Waals surface area (Å²) >= 11 is 0. The molecule has 0 N–H and O–H groups in total. The van der Waals surface area contributed by atoms with Gasteiger partial charge in [-0.25, -0.2) is 20.0 Å². The summed E-state index contributed by atoms with van der Waals surface area (Å²) in [6.07, 6.45) is 1.84. The number of hydrogen-bond acceptors (Lipinski definition) is 4. The van der Waals surface area contributed by atoms with E-state index in [0.717, 1.165) is 34.3 Å². The fourth-order valence-corrected chi connectivity index (χ4v) is 3.31. The van der Waals surface area contributed by atoms with E-state index in [-0.39, 0.29) is 0 Å². The molecule has 20 heavy (non-hydrogen) atoms. The van der Waals surface area contributed by atoms with Gasteiger partial charge in [0.25, 0.3) is 0 Å². The highest BCUT2D eigenvalue weighted by Crippen LogP contribution is 2.50. The number of benzene rings is 2. The van der Waals surface area contributed by atoms with E-state index in [1.807, 2.05) is 48.5 Å². The molecule has 1 fully saturated rings. The van der Waals surface area contributed by atoms with Crippen molar-refractivity contribution in [2.24, 2.45) is 20.0 Å². The Kier molecular flexibility index (Phi) is 1.67. The van der Waals surface area contributed by atoms with Crippen LogP contribution >= 0.6 is 0 Å². The lowest BCUT2D eigenvalue weighted by molar-refractivity contribution is 0.104. The van der Waals surface area contributed by atoms with Crippen LogP contribution in [0.3, 0.4) is 0 Å². The van der Waals surface area contributed by atoms with Crippen molar-refractivity contribution in [2.75, 3.05) is 0 Å². The van der Waals surface area contributed by atoms with Crippen LogP contribution in [0.25, 0.3) is 0 Å². The molecule has 0 atom stereocenters. The highest BCUT2D eigenvalue weighted by Gasteiger charge is 2.62. The van der Waals surface area contributed by atoms with E-state index >= 15 is 0 Å². The average Bonchev–Trinajstić information content (AvgIpc) is 3.07. The van der Waals surface area contributed by atoms with Gasteiger partial charge in [-0.3, -0.25) is 0 Å². The molecule has 96 valence electrons. The van der Waals surface area contributed by atoms with Crippen molar-refractivity contribution in [3.63, 3.8) is 0 Å². The van der Waals surface area contributed by atoms with Crippen molar-refractivity contribution in [3.05, 3.63) is 70.0 Å². The zero-order valence-electron chi connectivity index (χ0n) is 10.8. The van der Waals surface area contributed by atoms with E-state index in [1.165, 1.54) is 0 Å². The molecule has 5 rings (SSSR count). The summed E-state index contributed by atoms with van der Waals surface area (Å²) < 4.78 is 0. The summed E-state index contributed by atoms with van der Waals surface area (Å²) in [5.41, 5.74) is -1.01. The van der Waals surface area contributed by atoms with Crippen LogP contribution in [0.2, 0.25) is 0 Å². The molecule has 1 aliphatic carbocycles. The van der Waals surface area contributed by atoms with Gasteiger partial charge in [-0.05, 0) is 24.3 Å². The second-order valence-electron chi connectivity index (χ2n) is 5.56. The first-order valence-corrected chi connectivity index (χ1v) is 6.90. The molecule has 0 radical (unpaired) electrons. The first kappa shape index (κ1) is 10.4. The SMILES string of the molecule is c1ccc2c(c1)=NC1(CCC13N=c1ccccc1=N3)N=2. The quantitative estimate of drug-likeness (QED) is 0.644. The summed E-state index contributed by atoms with van der Waals surface area (Å²) in [7, 11) is 0. The number of fused-ring (bicyclic) bond motifs is 3. The van der Waals surface area contributed by atoms with Crippen molar-refractivity contribution in [1.82, 2.24) is 0 Å². The van der Waals surface area contributed by atoms with Crippen molar-refractivity contribution in [3.8, 4) is 0 Å². The lowest BCUT2D eigenvalue weighted by atomic mass is 9.74. The van der Waals surface area contributed by atoms with Gasteiger partial charge >= 0.3 is 0 Å². The molecule has 0 amide bonds. The van der Waals surface area contributed by atoms with Crippen molar-refractivity contribution in [2.45, 2.75) is 24.2 Å². The Balaban J connectivity index is 1.77. The van der Waals surface area contributed by atoms with Gasteiger partial charge in [0.2, 0.25) is 0 Å². The zero-order valence-corrected chi connectivity index (χ0v) is 10.8. The molecule has 0 aromatic heterocycles. The minimum Gasteiger partial charge on any atom is -0.249 e. The first-order valence-electron chi connectivity index (χ1n) is 6.90. The molecule has 2 aliphatic heterocycles. The molecule has 2 spiro atoms. The maximum absolute atomic E-state index is 4.85. The van der Waals surface area contributed by atoms with Crippen LogP contribution in [0.15, 0.2) is 68.5 Å². The van der Waals surface area contributed by atoms with Crippen LogP contribution in [0, 0.1) is 0 Å². The largest absolute Gasteiger partial charge is 0.249 e. The third-order valence-electron chi connectivity index (χ3n) is 4.45. The van der Waals surface area contributed by atoms with Gasteiger partial charge in [-0.2, -0.15) is 0 Å². The number of para-hydroxylation sites is 4. The van der Waals surface area contributed by atoms with E-state index in [4.69, 9.17) is 20.0 Å². The maximum Gasteiger partial charge on any atom is 0.196 e. The number of nitrogens with zero attached hydrogens (tertiary/aromatic N) is 4. The van der Waals surface area contributed by atoms with Crippen molar-refractivity contribution >= 4 is 0 Å². The standard InChI is InChI=1S/C16H12N4/c1-2-6-12-11(5-1)17-15(18-12)9-10-16(15)19-13-7-3-4-8-14(13)20-16/h1-8H,9-10H2. The highest BCUT2D eigenvalue weighted by molar-refractivity contribution is 5.25. The summed E-state index contributed by atoms with van der Waals surface area (Å²) in [6.45, 7) is 0. The van der Waals surface area contributed by atoms with Crippen LogP contribution in [-0.4, -0.2) is 11.3 Å². The molecule has 2 aromatic carbocycles. The lowest BCUT2D eigenvalue weighted by Gasteiger charge is -2.46. The Morgan fingerprint density at radius 3 is 1.10 bits per heavy atom. The maximum atomic E-state index is 4.85. The van der Waals surface area contributed by atoms with E-state index < -0.39 is 11.3 Å². The lowest BCUT2D eigenvalue weighted by Crippen LogP contribution is -2.57.